The maximum absolute atomic E-state index is 8.74. The van der Waals surface area contributed by atoms with E-state index in [2.05, 4.69) is 31.9 Å². The predicted molar refractivity (Wildman–Crippen MR) is 34.5 cm³/mol. The normalized spacial score (nSPS) is 19.6. The summed E-state index contributed by atoms with van der Waals surface area (Å²) in [7, 11) is 0. The first-order chi connectivity index (χ1) is 3.72. The summed E-state index contributed by atoms with van der Waals surface area (Å²) in [6.07, 6.45) is 0. The second-order valence-corrected chi connectivity index (χ2v) is 2.71. The number of hydroxylamine groups is 2. The highest BCUT2D eigenvalue weighted by Crippen LogP contribution is 2.27. The van der Waals surface area contributed by atoms with Crippen LogP contribution in [0.3, 0.4) is 0 Å². The van der Waals surface area contributed by atoms with Crippen LogP contribution >= 0.6 is 31.9 Å². The van der Waals surface area contributed by atoms with E-state index in [-0.39, 0.29) is 6.73 Å². The van der Waals surface area contributed by atoms with Gasteiger partial charge in [-0.25, -0.2) is 5.06 Å². The Balaban J connectivity index is 2.71. The van der Waals surface area contributed by atoms with Crippen LogP contribution in [0.2, 0.25) is 0 Å². The minimum atomic E-state index is 0.182. The molecule has 0 fully saturated rings. The maximum Gasteiger partial charge on any atom is 0.197 e. The van der Waals surface area contributed by atoms with Gasteiger partial charge in [0.15, 0.2) is 16.0 Å². The van der Waals surface area contributed by atoms with Crippen LogP contribution in [0.25, 0.3) is 0 Å². The molecule has 0 aromatic heterocycles. The zero-order chi connectivity index (χ0) is 6.15. The molecule has 8 heavy (non-hydrogen) atoms. The molecule has 5 heteroatoms. The van der Waals surface area contributed by atoms with Gasteiger partial charge >= 0.3 is 0 Å². The summed E-state index contributed by atoms with van der Waals surface area (Å²) in [5.74, 6) is 0. The molecule has 1 heterocycles. The van der Waals surface area contributed by atoms with Gasteiger partial charge in [0.05, 0.1) is 0 Å². The largest absolute Gasteiger partial charge is 0.461 e. The van der Waals surface area contributed by atoms with Crippen molar-refractivity contribution in [2.24, 2.45) is 0 Å². The first kappa shape index (κ1) is 6.38. The lowest BCUT2D eigenvalue weighted by molar-refractivity contribution is -0.0816. The average molecular weight is 245 g/mol. The fourth-order valence-corrected chi connectivity index (χ4v) is 0.859. The summed E-state index contributed by atoms with van der Waals surface area (Å²) in [6, 6.07) is 0. The van der Waals surface area contributed by atoms with Crippen molar-refractivity contribution < 1.29 is 9.94 Å². The number of rotatable bonds is 0. The average Bonchev–Trinajstić information content (AvgIpc) is 1.98. The number of hydrogen-bond acceptors (Lipinski definition) is 3. The third-order valence-corrected chi connectivity index (χ3v) is 2.61. The zero-order valence-electron chi connectivity index (χ0n) is 3.77. The van der Waals surface area contributed by atoms with E-state index in [0.29, 0.717) is 9.27 Å². The zero-order valence-corrected chi connectivity index (χ0v) is 6.94. The lowest BCUT2D eigenvalue weighted by Gasteiger charge is -2.02. The van der Waals surface area contributed by atoms with Crippen molar-refractivity contribution in [3.63, 3.8) is 0 Å². The Morgan fingerprint density at radius 3 is 2.38 bits per heavy atom. The molecule has 0 aliphatic carbocycles. The molecule has 3 nitrogen and oxygen atoms in total. The quantitative estimate of drug-likeness (QED) is 0.657. The first-order valence-electron chi connectivity index (χ1n) is 1.86. The summed E-state index contributed by atoms with van der Waals surface area (Å²) < 4.78 is 5.86. The molecule has 0 spiro atoms. The standard InChI is InChI=1S/C3H3Br2NO2/c4-2-3(5)8-1-6(2)7/h7H,1H2. The van der Waals surface area contributed by atoms with E-state index in [1.54, 1.807) is 0 Å². The third-order valence-electron chi connectivity index (χ3n) is 0.702. The highest BCUT2D eigenvalue weighted by molar-refractivity contribution is 9.14. The Hall–Kier alpha value is 0.260. The van der Waals surface area contributed by atoms with E-state index in [1.807, 2.05) is 0 Å². The van der Waals surface area contributed by atoms with Crippen LogP contribution in [0.5, 0.6) is 0 Å². The van der Waals surface area contributed by atoms with Crippen LogP contribution in [0, 0.1) is 0 Å². The van der Waals surface area contributed by atoms with Crippen molar-refractivity contribution in [1.29, 1.82) is 0 Å². The summed E-state index contributed by atoms with van der Waals surface area (Å²) >= 11 is 6.11. The van der Waals surface area contributed by atoms with Gasteiger partial charge < -0.3 is 4.74 Å². The fraction of sp³-hybridized carbons (Fsp3) is 0.333. The molecule has 1 rings (SSSR count). The molecule has 0 unspecified atom stereocenters. The van der Waals surface area contributed by atoms with Gasteiger partial charge in [-0.1, -0.05) is 0 Å². The molecular formula is C3H3Br2NO2. The van der Waals surface area contributed by atoms with E-state index in [1.165, 1.54) is 0 Å². The Morgan fingerprint density at radius 1 is 1.62 bits per heavy atom. The predicted octanol–water partition coefficient (Wildman–Crippen LogP) is 1.58. The molecule has 46 valence electrons. The van der Waals surface area contributed by atoms with Crippen molar-refractivity contribution >= 4 is 31.9 Å². The molecule has 0 saturated heterocycles. The molecule has 0 amide bonds. The first-order valence-corrected chi connectivity index (χ1v) is 3.45. The lowest BCUT2D eigenvalue weighted by Crippen LogP contribution is -2.10. The van der Waals surface area contributed by atoms with Gasteiger partial charge in [-0.2, -0.15) is 0 Å². The summed E-state index contributed by atoms with van der Waals surface area (Å²) in [5.41, 5.74) is 0. The summed E-state index contributed by atoms with van der Waals surface area (Å²) in [6.45, 7) is 0.182. The minimum Gasteiger partial charge on any atom is -0.461 e. The van der Waals surface area contributed by atoms with Gasteiger partial charge in [-0.05, 0) is 31.9 Å². The lowest BCUT2D eigenvalue weighted by atomic mass is 11.0. The topological polar surface area (TPSA) is 32.7 Å². The van der Waals surface area contributed by atoms with Crippen LogP contribution in [-0.2, 0) is 4.74 Å². The van der Waals surface area contributed by atoms with Gasteiger partial charge in [-0.15, -0.1) is 0 Å². The molecule has 0 atom stereocenters. The van der Waals surface area contributed by atoms with E-state index < -0.39 is 0 Å². The highest BCUT2D eigenvalue weighted by atomic mass is 79.9. The molecule has 0 aromatic carbocycles. The summed E-state index contributed by atoms with van der Waals surface area (Å²) in [4.78, 5) is 0. The molecule has 0 saturated carbocycles. The third kappa shape index (κ3) is 0.985. The van der Waals surface area contributed by atoms with Crippen LogP contribution in [0.15, 0.2) is 9.27 Å². The second-order valence-electron chi connectivity index (χ2n) is 1.24. The smallest absolute Gasteiger partial charge is 0.197 e. The van der Waals surface area contributed by atoms with Crippen LogP contribution in [-0.4, -0.2) is 17.0 Å². The van der Waals surface area contributed by atoms with E-state index in [4.69, 9.17) is 9.94 Å². The second kappa shape index (κ2) is 2.24. The Morgan fingerprint density at radius 2 is 2.25 bits per heavy atom. The van der Waals surface area contributed by atoms with Gasteiger partial charge in [-0.3, -0.25) is 5.21 Å². The van der Waals surface area contributed by atoms with Gasteiger partial charge in [0, 0.05) is 0 Å². The maximum atomic E-state index is 8.74. The summed E-state index contributed by atoms with van der Waals surface area (Å²) in [5, 5.41) is 9.69. The number of nitrogens with zero attached hydrogens (tertiary/aromatic N) is 1. The van der Waals surface area contributed by atoms with E-state index in [0.717, 1.165) is 5.06 Å². The van der Waals surface area contributed by atoms with E-state index >= 15 is 0 Å². The van der Waals surface area contributed by atoms with Crippen molar-refractivity contribution in [2.45, 2.75) is 0 Å². The van der Waals surface area contributed by atoms with Gasteiger partial charge in [0.1, 0.15) is 0 Å². The molecule has 1 N–H and O–H groups in total. The Labute approximate surface area is 63.1 Å². The van der Waals surface area contributed by atoms with Crippen molar-refractivity contribution in [3.8, 4) is 0 Å². The molecule has 0 radical (unpaired) electrons. The number of hydrogen-bond donors (Lipinski definition) is 1. The number of ether oxygens (including phenoxy) is 1. The SMILES string of the molecule is ON1COC(Br)=C1Br. The Bertz CT molecular complexity index is 135. The van der Waals surface area contributed by atoms with Crippen molar-refractivity contribution in [1.82, 2.24) is 5.06 Å². The molecule has 1 aliphatic heterocycles. The minimum absolute atomic E-state index is 0.182. The van der Waals surface area contributed by atoms with Gasteiger partial charge in [0.25, 0.3) is 0 Å². The van der Waals surface area contributed by atoms with Crippen molar-refractivity contribution in [3.05, 3.63) is 9.27 Å². The molecule has 0 bridgehead atoms. The van der Waals surface area contributed by atoms with Gasteiger partial charge in [0.2, 0.25) is 0 Å². The van der Waals surface area contributed by atoms with Crippen LogP contribution in [0.4, 0.5) is 0 Å². The monoisotopic (exact) mass is 243 g/mol. The molecular weight excluding hydrogens is 242 g/mol. The highest BCUT2D eigenvalue weighted by Gasteiger charge is 2.17. The Kier molecular flexibility index (Phi) is 1.79. The molecule has 1 aliphatic rings. The molecule has 0 aromatic rings. The fourth-order valence-electron chi connectivity index (χ4n) is 0.336. The number of halogens is 2. The van der Waals surface area contributed by atoms with E-state index in [9.17, 15) is 0 Å². The van der Waals surface area contributed by atoms with Crippen LogP contribution in [0.1, 0.15) is 0 Å². The van der Waals surface area contributed by atoms with Crippen LogP contribution < -0.4 is 0 Å². The van der Waals surface area contributed by atoms with Crippen molar-refractivity contribution in [2.75, 3.05) is 6.73 Å².